The Hall–Kier alpha value is -2.88. The van der Waals surface area contributed by atoms with Gasteiger partial charge in [-0.25, -0.2) is 4.98 Å². The van der Waals surface area contributed by atoms with Crippen molar-refractivity contribution in [1.82, 2.24) is 9.97 Å². The van der Waals surface area contributed by atoms with Crippen LogP contribution in [0.2, 0.25) is 0 Å². The first-order chi connectivity index (χ1) is 14.3. The summed E-state index contributed by atoms with van der Waals surface area (Å²) in [6, 6.07) is 21.4. The molecule has 29 heavy (non-hydrogen) atoms. The van der Waals surface area contributed by atoms with Crippen molar-refractivity contribution in [3.8, 4) is 11.3 Å². The van der Waals surface area contributed by atoms with E-state index in [9.17, 15) is 0 Å². The van der Waals surface area contributed by atoms with Crippen molar-refractivity contribution in [2.24, 2.45) is 5.92 Å². The number of anilines is 2. The largest absolute Gasteiger partial charge is 0.352 e. The second-order valence-corrected chi connectivity index (χ2v) is 8.39. The van der Waals surface area contributed by atoms with Crippen molar-refractivity contribution in [2.75, 3.05) is 29.4 Å². The Morgan fingerprint density at radius 1 is 0.793 bits per heavy atom. The topological polar surface area (TPSA) is 32.3 Å². The van der Waals surface area contributed by atoms with Crippen LogP contribution in [0.5, 0.6) is 0 Å². The maximum absolute atomic E-state index is 5.04. The summed E-state index contributed by atoms with van der Waals surface area (Å²) in [6.07, 6.45) is 3.49. The maximum atomic E-state index is 5.04. The summed E-state index contributed by atoms with van der Waals surface area (Å²) in [5.41, 5.74) is 5.04. The van der Waals surface area contributed by atoms with Crippen LogP contribution in [-0.2, 0) is 13.0 Å². The van der Waals surface area contributed by atoms with Crippen LogP contribution in [0.1, 0.15) is 30.9 Å². The van der Waals surface area contributed by atoms with Gasteiger partial charge in [-0.1, -0.05) is 61.5 Å². The fourth-order valence-electron chi connectivity index (χ4n) is 4.38. The second-order valence-electron chi connectivity index (χ2n) is 8.39. The predicted octanol–water partition coefficient (Wildman–Crippen LogP) is 4.94. The van der Waals surface area contributed by atoms with E-state index in [0.717, 1.165) is 61.5 Å². The van der Waals surface area contributed by atoms with E-state index < -0.39 is 0 Å². The van der Waals surface area contributed by atoms with Crippen molar-refractivity contribution in [1.29, 1.82) is 0 Å². The average molecular weight is 385 g/mol. The van der Waals surface area contributed by atoms with Gasteiger partial charge in [0.05, 0.1) is 5.69 Å². The SMILES string of the molecule is CC1CCN(c2nc(-c3ccccc3)cc(N3CCc4ccccc4C3)n2)CC1. The molecule has 3 aromatic rings. The van der Waals surface area contributed by atoms with Crippen LogP contribution in [-0.4, -0.2) is 29.6 Å². The van der Waals surface area contributed by atoms with Crippen molar-refractivity contribution in [3.63, 3.8) is 0 Å². The summed E-state index contributed by atoms with van der Waals surface area (Å²) in [5.74, 6) is 2.72. The van der Waals surface area contributed by atoms with Crippen LogP contribution in [0.15, 0.2) is 60.7 Å². The lowest BCUT2D eigenvalue weighted by Gasteiger charge is -2.33. The molecule has 0 N–H and O–H groups in total. The van der Waals surface area contributed by atoms with Gasteiger partial charge in [-0.05, 0) is 36.3 Å². The first-order valence-corrected chi connectivity index (χ1v) is 10.8. The van der Waals surface area contributed by atoms with E-state index in [4.69, 9.17) is 9.97 Å². The Kier molecular flexibility index (Phi) is 4.92. The summed E-state index contributed by atoms with van der Waals surface area (Å²) >= 11 is 0. The quantitative estimate of drug-likeness (QED) is 0.640. The minimum atomic E-state index is 0.793. The molecule has 1 aromatic heterocycles. The third kappa shape index (κ3) is 3.84. The number of aromatic nitrogens is 2. The number of rotatable bonds is 3. The molecule has 148 valence electrons. The van der Waals surface area contributed by atoms with E-state index in [1.54, 1.807) is 0 Å². The monoisotopic (exact) mass is 384 g/mol. The Bertz CT molecular complexity index is 977. The zero-order valence-electron chi connectivity index (χ0n) is 17.1. The maximum Gasteiger partial charge on any atom is 0.227 e. The molecule has 1 saturated heterocycles. The van der Waals surface area contributed by atoms with Crippen LogP contribution in [0.4, 0.5) is 11.8 Å². The van der Waals surface area contributed by atoms with Gasteiger partial charge >= 0.3 is 0 Å². The van der Waals surface area contributed by atoms with E-state index in [1.165, 1.54) is 24.0 Å². The van der Waals surface area contributed by atoms with E-state index >= 15 is 0 Å². The van der Waals surface area contributed by atoms with Crippen molar-refractivity contribution in [3.05, 3.63) is 71.8 Å². The fourth-order valence-corrected chi connectivity index (χ4v) is 4.38. The molecule has 0 unspecified atom stereocenters. The minimum Gasteiger partial charge on any atom is -0.352 e. The number of hydrogen-bond acceptors (Lipinski definition) is 4. The standard InChI is InChI=1S/C25H28N4/c1-19-11-14-28(15-12-19)25-26-23(21-8-3-2-4-9-21)17-24(27-25)29-16-13-20-7-5-6-10-22(20)18-29/h2-10,17,19H,11-16,18H2,1H3. The molecular weight excluding hydrogens is 356 g/mol. The molecule has 0 radical (unpaired) electrons. The Labute approximate surface area is 173 Å². The molecule has 1 fully saturated rings. The zero-order chi connectivity index (χ0) is 19.6. The van der Waals surface area contributed by atoms with Crippen LogP contribution in [0.25, 0.3) is 11.3 Å². The van der Waals surface area contributed by atoms with E-state index in [2.05, 4.69) is 77.4 Å². The Morgan fingerprint density at radius 3 is 2.31 bits per heavy atom. The minimum absolute atomic E-state index is 0.793. The van der Waals surface area contributed by atoms with Gasteiger partial charge in [-0.3, -0.25) is 0 Å². The number of fused-ring (bicyclic) bond motifs is 1. The second kappa shape index (κ2) is 7.86. The normalized spacial score (nSPS) is 17.3. The molecule has 0 aliphatic carbocycles. The smallest absolute Gasteiger partial charge is 0.227 e. The lowest BCUT2D eigenvalue weighted by molar-refractivity contribution is 0.434. The molecule has 2 aromatic carbocycles. The molecule has 5 rings (SSSR count). The summed E-state index contributed by atoms with van der Waals surface area (Å²) in [7, 11) is 0. The van der Waals surface area contributed by atoms with Crippen LogP contribution in [0.3, 0.4) is 0 Å². The molecular formula is C25H28N4. The summed E-state index contributed by atoms with van der Waals surface area (Å²) < 4.78 is 0. The van der Waals surface area contributed by atoms with Gasteiger partial charge in [0.25, 0.3) is 0 Å². The number of hydrogen-bond donors (Lipinski definition) is 0. The number of benzene rings is 2. The van der Waals surface area contributed by atoms with Gasteiger partial charge in [0, 0.05) is 37.8 Å². The third-order valence-corrected chi connectivity index (χ3v) is 6.29. The average Bonchev–Trinajstić information content (AvgIpc) is 2.79. The molecule has 0 atom stereocenters. The zero-order valence-corrected chi connectivity index (χ0v) is 17.1. The molecule has 0 spiro atoms. The molecule has 4 nitrogen and oxygen atoms in total. The highest BCUT2D eigenvalue weighted by molar-refractivity contribution is 5.65. The highest BCUT2D eigenvalue weighted by atomic mass is 15.3. The van der Waals surface area contributed by atoms with E-state index in [1.807, 2.05) is 0 Å². The van der Waals surface area contributed by atoms with Crippen molar-refractivity contribution >= 4 is 11.8 Å². The van der Waals surface area contributed by atoms with Crippen LogP contribution in [0, 0.1) is 5.92 Å². The lowest BCUT2D eigenvalue weighted by atomic mass is 9.99. The highest BCUT2D eigenvalue weighted by Crippen LogP contribution is 2.30. The van der Waals surface area contributed by atoms with E-state index in [0.29, 0.717) is 0 Å². The molecule has 0 bridgehead atoms. The first kappa shape index (κ1) is 18.2. The Morgan fingerprint density at radius 2 is 1.52 bits per heavy atom. The molecule has 3 heterocycles. The fraction of sp³-hybridized carbons (Fsp3) is 0.360. The molecule has 0 saturated carbocycles. The summed E-state index contributed by atoms with van der Waals surface area (Å²) in [6.45, 7) is 6.34. The summed E-state index contributed by atoms with van der Waals surface area (Å²) in [5, 5.41) is 0. The third-order valence-electron chi connectivity index (χ3n) is 6.29. The van der Waals surface area contributed by atoms with Crippen LogP contribution >= 0.6 is 0 Å². The van der Waals surface area contributed by atoms with Crippen LogP contribution < -0.4 is 9.80 Å². The van der Waals surface area contributed by atoms with Gasteiger partial charge in [0.1, 0.15) is 5.82 Å². The predicted molar refractivity (Wildman–Crippen MR) is 119 cm³/mol. The molecule has 0 amide bonds. The van der Waals surface area contributed by atoms with Gasteiger partial charge in [0.2, 0.25) is 5.95 Å². The number of nitrogens with zero attached hydrogens (tertiary/aromatic N) is 4. The molecule has 2 aliphatic rings. The highest BCUT2D eigenvalue weighted by Gasteiger charge is 2.22. The first-order valence-electron chi connectivity index (χ1n) is 10.8. The van der Waals surface area contributed by atoms with E-state index in [-0.39, 0.29) is 0 Å². The van der Waals surface area contributed by atoms with Gasteiger partial charge < -0.3 is 9.80 Å². The van der Waals surface area contributed by atoms with Crippen molar-refractivity contribution in [2.45, 2.75) is 32.7 Å². The van der Waals surface area contributed by atoms with Gasteiger partial charge in [-0.2, -0.15) is 4.98 Å². The molecule has 4 heteroatoms. The van der Waals surface area contributed by atoms with Gasteiger partial charge in [0.15, 0.2) is 0 Å². The number of piperidine rings is 1. The lowest BCUT2D eigenvalue weighted by Crippen LogP contribution is -2.35. The van der Waals surface area contributed by atoms with Crippen molar-refractivity contribution < 1.29 is 0 Å². The summed E-state index contributed by atoms with van der Waals surface area (Å²) in [4.78, 5) is 14.8. The van der Waals surface area contributed by atoms with Gasteiger partial charge in [-0.15, -0.1) is 0 Å². The molecule has 2 aliphatic heterocycles. The Balaban J connectivity index is 1.51.